The summed E-state index contributed by atoms with van der Waals surface area (Å²) in [5.74, 6) is -0.263. The number of rotatable bonds is 8. The first-order valence-corrected chi connectivity index (χ1v) is 9.82. The van der Waals surface area contributed by atoms with Gasteiger partial charge >= 0.3 is 0 Å². The fourth-order valence-electron chi connectivity index (χ4n) is 3.27. The number of hydrogen-bond acceptors (Lipinski definition) is 4. The minimum Gasteiger partial charge on any atom is -0.347 e. The van der Waals surface area contributed by atoms with E-state index in [1.165, 1.54) is 48.3 Å². The number of aromatic nitrogens is 2. The van der Waals surface area contributed by atoms with Crippen molar-refractivity contribution < 1.29 is 4.79 Å². The SMILES string of the molecule is CCCCn1nc(C(=O)NCc2ccc(CN3CCCC3)cc2)ccc1=O. The van der Waals surface area contributed by atoms with Crippen LogP contribution in [0.15, 0.2) is 41.2 Å². The summed E-state index contributed by atoms with van der Waals surface area (Å²) >= 11 is 0. The normalized spacial score (nSPS) is 14.4. The van der Waals surface area contributed by atoms with Gasteiger partial charge in [-0.05, 0) is 49.5 Å². The first kappa shape index (κ1) is 19.3. The van der Waals surface area contributed by atoms with Crippen LogP contribution in [-0.2, 0) is 19.6 Å². The summed E-state index contributed by atoms with van der Waals surface area (Å²) in [4.78, 5) is 26.6. The predicted octanol–water partition coefficient (Wildman–Crippen LogP) is 2.57. The standard InChI is InChI=1S/C21H28N4O2/c1-2-3-14-25-20(26)11-10-19(23-25)21(27)22-15-17-6-8-18(9-7-17)16-24-12-4-5-13-24/h6-11H,2-5,12-16H2,1H3,(H,22,27). The molecule has 2 heterocycles. The maximum atomic E-state index is 12.4. The van der Waals surface area contributed by atoms with Crippen LogP contribution >= 0.6 is 0 Å². The van der Waals surface area contributed by atoms with Crippen molar-refractivity contribution >= 4 is 5.91 Å². The van der Waals surface area contributed by atoms with E-state index in [9.17, 15) is 9.59 Å². The zero-order valence-electron chi connectivity index (χ0n) is 16.0. The minimum atomic E-state index is -0.263. The van der Waals surface area contributed by atoms with Crippen LogP contribution in [0.2, 0.25) is 0 Å². The number of carbonyl (C=O) groups is 1. The van der Waals surface area contributed by atoms with Crippen LogP contribution in [0.1, 0.15) is 54.2 Å². The zero-order valence-corrected chi connectivity index (χ0v) is 16.0. The highest BCUT2D eigenvalue weighted by atomic mass is 16.2. The van der Waals surface area contributed by atoms with Gasteiger partial charge in [-0.2, -0.15) is 5.10 Å². The van der Waals surface area contributed by atoms with E-state index in [-0.39, 0.29) is 17.2 Å². The molecule has 27 heavy (non-hydrogen) atoms. The molecule has 0 spiro atoms. The first-order valence-electron chi connectivity index (χ1n) is 9.82. The Morgan fingerprint density at radius 1 is 1.07 bits per heavy atom. The molecular weight excluding hydrogens is 340 g/mol. The molecule has 6 nitrogen and oxygen atoms in total. The van der Waals surface area contributed by atoms with Gasteiger partial charge in [-0.25, -0.2) is 4.68 Å². The number of likely N-dealkylation sites (tertiary alicyclic amines) is 1. The Bertz CT molecular complexity index is 808. The summed E-state index contributed by atoms with van der Waals surface area (Å²) in [7, 11) is 0. The van der Waals surface area contributed by atoms with Crippen LogP contribution in [0.4, 0.5) is 0 Å². The lowest BCUT2D eigenvalue weighted by molar-refractivity contribution is 0.0943. The average molecular weight is 368 g/mol. The second-order valence-corrected chi connectivity index (χ2v) is 7.12. The molecule has 0 radical (unpaired) electrons. The topological polar surface area (TPSA) is 67.2 Å². The Morgan fingerprint density at radius 2 is 1.78 bits per heavy atom. The lowest BCUT2D eigenvalue weighted by Gasteiger charge is -2.14. The van der Waals surface area contributed by atoms with Gasteiger partial charge in [0.2, 0.25) is 0 Å². The summed E-state index contributed by atoms with van der Waals surface area (Å²) in [6, 6.07) is 11.3. The van der Waals surface area contributed by atoms with Gasteiger partial charge in [-0.1, -0.05) is 37.6 Å². The van der Waals surface area contributed by atoms with E-state index in [2.05, 4.69) is 46.5 Å². The Hall–Kier alpha value is -2.47. The van der Waals surface area contributed by atoms with Crippen molar-refractivity contribution in [1.29, 1.82) is 0 Å². The molecule has 0 aliphatic carbocycles. The van der Waals surface area contributed by atoms with Gasteiger partial charge in [0.1, 0.15) is 5.69 Å². The van der Waals surface area contributed by atoms with Gasteiger partial charge in [-0.15, -0.1) is 0 Å². The molecule has 1 N–H and O–H groups in total. The smallest absolute Gasteiger partial charge is 0.271 e. The largest absolute Gasteiger partial charge is 0.347 e. The Labute approximate surface area is 160 Å². The molecule has 3 rings (SSSR count). The van der Waals surface area contributed by atoms with Crippen LogP contribution in [0.25, 0.3) is 0 Å². The summed E-state index contributed by atoms with van der Waals surface area (Å²) < 4.78 is 1.37. The molecule has 6 heteroatoms. The molecule has 0 unspecified atom stereocenters. The summed E-state index contributed by atoms with van der Waals surface area (Å²) in [5.41, 5.74) is 2.45. The monoisotopic (exact) mass is 368 g/mol. The Kier molecular flexibility index (Phi) is 6.76. The quantitative estimate of drug-likeness (QED) is 0.778. The second kappa shape index (κ2) is 9.46. The van der Waals surface area contributed by atoms with Gasteiger partial charge < -0.3 is 5.32 Å². The fraction of sp³-hybridized carbons (Fsp3) is 0.476. The van der Waals surface area contributed by atoms with Crippen LogP contribution < -0.4 is 10.9 Å². The highest BCUT2D eigenvalue weighted by Crippen LogP contribution is 2.13. The van der Waals surface area contributed by atoms with Gasteiger partial charge in [0.15, 0.2) is 0 Å². The summed E-state index contributed by atoms with van der Waals surface area (Å²) in [5, 5.41) is 7.06. The van der Waals surface area contributed by atoms with E-state index in [1.54, 1.807) is 0 Å². The van der Waals surface area contributed by atoms with E-state index >= 15 is 0 Å². The fourth-order valence-corrected chi connectivity index (χ4v) is 3.27. The van der Waals surface area contributed by atoms with Crippen molar-refractivity contribution in [3.63, 3.8) is 0 Å². The van der Waals surface area contributed by atoms with Crippen molar-refractivity contribution in [2.75, 3.05) is 13.1 Å². The van der Waals surface area contributed by atoms with Gasteiger partial charge in [0.25, 0.3) is 11.5 Å². The second-order valence-electron chi connectivity index (χ2n) is 7.12. The molecule has 0 bridgehead atoms. The Morgan fingerprint density at radius 3 is 2.48 bits per heavy atom. The molecule has 1 aromatic heterocycles. The van der Waals surface area contributed by atoms with E-state index in [1.807, 2.05) is 0 Å². The number of hydrogen-bond donors (Lipinski definition) is 1. The number of benzene rings is 1. The molecule has 0 saturated carbocycles. The molecule has 1 fully saturated rings. The van der Waals surface area contributed by atoms with E-state index in [0.717, 1.165) is 24.9 Å². The molecule has 0 atom stereocenters. The minimum absolute atomic E-state index is 0.173. The van der Waals surface area contributed by atoms with Gasteiger partial charge in [-0.3, -0.25) is 14.5 Å². The third-order valence-corrected chi connectivity index (χ3v) is 4.90. The third-order valence-electron chi connectivity index (χ3n) is 4.90. The van der Waals surface area contributed by atoms with Crippen molar-refractivity contribution in [3.05, 3.63) is 63.6 Å². The number of amides is 1. The van der Waals surface area contributed by atoms with E-state index < -0.39 is 0 Å². The molecule has 1 saturated heterocycles. The molecule has 2 aromatic rings. The van der Waals surface area contributed by atoms with Crippen LogP contribution in [0.3, 0.4) is 0 Å². The number of nitrogens with one attached hydrogen (secondary N) is 1. The molecule has 1 aromatic carbocycles. The number of carbonyl (C=O) groups excluding carboxylic acids is 1. The maximum Gasteiger partial charge on any atom is 0.271 e. The third kappa shape index (κ3) is 5.50. The van der Waals surface area contributed by atoms with Crippen molar-refractivity contribution in [3.8, 4) is 0 Å². The molecule has 1 amide bonds. The first-order chi connectivity index (χ1) is 13.2. The maximum absolute atomic E-state index is 12.4. The molecule has 1 aliphatic rings. The summed E-state index contributed by atoms with van der Waals surface area (Å²) in [6.07, 6.45) is 4.42. The van der Waals surface area contributed by atoms with Crippen LogP contribution in [0, 0.1) is 0 Å². The molecular formula is C21H28N4O2. The lowest BCUT2D eigenvalue weighted by atomic mass is 10.1. The molecule has 1 aliphatic heterocycles. The highest BCUT2D eigenvalue weighted by molar-refractivity contribution is 5.91. The number of nitrogens with zero attached hydrogens (tertiary/aromatic N) is 3. The van der Waals surface area contributed by atoms with Gasteiger partial charge in [0.05, 0.1) is 0 Å². The Balaban J connectivity index is 1.54. The van der Waals surface area contributed by atoms with E-state index in [0.29, 0.717) is 13.1 Å². The zero-order chi connectivity index (χ0) is 19.1. The van der Waals surface area contributed by atoms with Crippen LogP contribution in [0.5, 0.6) is 0 Å². The highest BCUT2D eigenvalue weighted by Gasteiger charge is 2.12. The number of aryl methyl sites for hydroxylation is 1. The van der Waals surface area contributed by atoms with Crippen molar-refractivity contribution in [2.24, 2.45) is 0 Å². The van der Waals surface area contributed by atoms with Crippen LogP contribution in [-0.4, -0.2) is 33.7 Å². The van der Waals surface area contributed by atoms with Crippen molar-refractivity contribution in [2.45, 2.75) is 52.2 Å². The van der Waals surface area contributed by atoms with E-state index in [4.69, 9.17) is 0 Å². The summed E-state index contributed by atoms with van der Waals surface area (Å²) in [6.45, 7) is 6.40. The molecule has 144 valence electrons. The van der Waals surface area contributed by atoms with Gasteiger partial charge in [0, 0.05) is 25.7 Å². The predicted molar refractivity (Wildman–Crippen MR) is 106 cm³/mol. The van der Waals surface area contributed by atoms with Crippen molar-refractivity contribution in [1.82, 2.24) is 20.0 Å². The average Bonchev–Trinajstić information content (AvgIpc) is 3.19. The number of unbranched alkanes of at least 4 members (excludes halogenated alkanes) is 1. The lowest BCUT2D eigenvalue weighted by Crippen LogP contribution is -2.29.